The number of aliphatic carboxylic acids is 3. The van der Waals surface area contributed by atoms with E-state index in [4.69, 9.17) is 26.2 Å². The molecule has 0 aromatic rings. The minimum atomic E-state index is -1.86. The average Bonchev–Trinajstić information content (AvgIpc) is 2.62. The highest BCUT2D eigenvalue weighted by atomic mass is 16.4. The van der Waals surface area contributed by atoms with E-state index in [2.05, 4.69) is 0 Å². The first-order valence-electron chi connectivity index (χ1n) is 7.97. The van der Waals surface area contributed by atoms with Crippen LogP contribution in [-0.2, 0) is 28.8 Å². The molecule has 0 heterocycles. The van der Waals surface area contributed by atoms with Crippen LogP contribution in [0, 0.1) is 0 Å². The van der Waals surface area contributed by atoms with Crippen molar-refractivity contribution in [2.24, 2.45) is 5.73 Å². The van der Waals surface area contributed by atoms with E-state index >= 15 is 0 Å². The van der Waals surface area contributed by atoms with Gasteiger partial charge in [0, 0.05) is 0 Å². The number of carbonyl (C=O) groups is 6. The molecular weight excluding hydrogens is 400 g/mol. The first kappa shape index (κ1) is 25.7. The van der Waals surface area contributed by atoms with Gasteiger partial charge in [0.15, 0.2) is 0 Å². The van der Waals surface area contributed by atoms with Crippen LogP contribution in [0.2, 0.25) is 0 Å². The molecule has 0 fully saturated rings. The van der Waals surface area contributed by atoms with Crippen LogP contribution in [0.4, 0.5) is 0 Å². The van der Waals surface area contributed by atoms with Gasteiger partial charge in [-0.2, -0.15) is 0 Å². The molecular formula is C14H22N4O11. The monoisotopic (exact) mass is 422 g/mol. The highest BCUT2D eigenvalue weighted by molar-refractivity contribution is 5.96. The summed E-state index contributed by atoms with van der Waals surface area (Å²) in [5.74, 6) is -8.29. The fraction of sp³-hybridized carbons (Fsp3) is 0.571. The lowest BCUT2D eigenvalue weighted by molar-refractivity contribution is -0.147. The molecule has 0 bridgehead atoms. The molecule has 0 saturated heterocycles. The quantitative estimate of drug-likeness (QED) is 0.135. The summed E-state index contributed by atoms with van der Waals surface area (Å²) in [6.07, 6.45) is -1.92. The molecule has 3 amide bonds. The Kier molecular flexibility index (Phi) is 10.8. The van der Waals surface area contributed by atoms with Gasteiger partial charge in [-0.15, -0.1) is 0 Å². The van der Waals surface area contributed by atoms with Crippen molar-refractivity contribution in [1.29, 1.82) is 0 Å². The van der Waals surface area contributed by atoms with Crippen molar-refractivity contribution >= 4 is 35.6 Å². The SMILES string of the molecule is NC(CO)C(=O)NC(CC(=O)O)C(=O)NC(CO)C(=O)NC(CC(=O)O)C(=O)O. The summed E-state index contributed by atoms with van der Waals surface area (Å²) < 4.78 is 0. The average molecular weight is 422 g/mol. The molecule has 0 aliphatic carbocycles. The molecule has 29 heavy (non-hydrogen) atoms. The van der Waals surface area contributed by atoms with Gasteiger partial charge in [0.05, 0.1) is 26.1 Å². The molecule has 10 N–H and O–H groups in total. The van der Waals surface area contributed by atoms with E-state index in [1.54, 1.807) is 5.32 Å². The fourth-order valence-corrected chi connectivity index (χ4v) is 1.86. The van der Waals surface area contributed by atoms with Gasteiger partial charge in [0.2, 0.25) is 17.7 Å². The van der Waals surface area contributed by atoms with E-state index in [-0.39, 0.29) is 0 Å². The van der Waals surface area contributed by atoms with Crippen LogP contribution in [0.1, 0.15) is 12.8 Å². The Bertz CT molecular complexity index is 653. The molecule has 15 heteroatoms. The Labute approximate surface area is 162 Å². The van der Waals surface area contributed by atoms with E-state index in [1.807, 2.05) is 10.6 Å². The van der Waals surface area contributed by atoms with E-state index in [9.17, 15) is 33.9 Å². The van der Waals surface area contributed by atoms with Crippen LogP contribution in [-0.4, -0.2) is 98.5 Å². The second-order valence-electron chi connectivity index (χ2n) is 5.69. The predicted molar refractivity (Wildman–Crippen MR) is 90.1 cm³/mol. The molecule has 0 spiro atoms. The Balaban J connectivity index is 5.23. The minimum absolute atomic E-state index is 0.797. The predicted octanol–water partition coefficient (Wildman–Crippen LogP) is -5.21. The first-order valence-corrected chi connectivity index (χ1v) is 7.97. The zero-order valence-corrected chi connectivity index (χ0v) is 14.9. The topological polar surface area (TPSA) is 266 Å². The van der Waals surface area contributed by atoms with Crippen LogP contribution in [0.25, 0.3) is 0 Å². The van der Waals surface area contributed by atoms with Crippen LogP contribution >= 0.6 is 0 Å². The number of hydrogen-bond donors (Lipinski definition) is 9. The van der Waals surface area contributed by atoms with E-state index in [0.717, 1.165) is 0 Å². The molecule has 0 aliphatic heterocycles. The van der Waals surface area contributed by atoms with Gasteiger partial charge in [0.25, 0.3) is 0 Å². The molecule has 4 unspecified atom stereocenters. The second-order valence-corrected chi connectivity index (χ2v) is 5.69. The van der Waals surface area contributed by atoms with Gasteiger partial charge >= 0.3 is 17.9 Å². The number of nitrogens with two attached hydrogens (primary N) is 1. The van der Waals surface area contributed by atoms with Gasteiger partial charge in [-0.25, -0.2) is 4.79 Å². The Hall–Kier alpha value is -3.30. The maximum atomic E-state index is 12.2. The highest BCUT2D eigenvalue weighted by Crippen LogP contribution is 1.99. The molecule has 15 nitrogen and oxygen atoms in total. The van der Waals surface area contributed by atoms with Crippen LogP contribution < -0.4 is 21.7 Å². The van der Waals surface area contributed by atoms with Crippen LogP contribution in [0.3, 0.4) is 0 Å². The summed E-state index contributed by atoms with van der Waals surface area (Å²) in [6, 6.07) is -6.84. The van der Waals surface area contributed by atoms with Crippen molar-refractivity contribution in [2.45, 2.75) is 37.0 Å². The third-order valence-corrected chi connectivity index (χ3v) is 3.35. The Morgan fingerprint density at radius 2 is 1.07 bits per heavy atom. The van der Waals surface area contributed by atoms with Crippen LogP contribution in [0.5, 0.6) is 0 Å². The van der Waals surface area contributed by atoms with Gasteiger partial charge < -0.3 is 47.2 Å². The minimum Gasteiger partial charge on any atom is -0.481 e. The van der Waals surface area contributed by atoms with Crippen LogP contribution in [0.15, 0.2) is 0 Å². The van der Waals surface area contributed by atoms with Crippen molar-refractivity contribution < 1.29 is 54.3 Å². The number of amides is 3. The lowest BCUT2D eigenvalue weighted by Gasteiger charge is -2.23. The molecule has 0 saturated carbocycles. The summed E-state index contributed by atoms with van der Waals surface area (Å²) in [4.78, 5) is 68.4. The van der Waals surface area contributed by atoms with Gasteiger partial charge in [-0.05, 0) is 0 Å². The van der Waals surface area contributed by atoms with E-state index < -0.39 is 85.9 Å². The zero-order chi connectivity index (χ0) is 22.7. The maximum absolute atomic E-state index is 12.2. The maximum Gasteiger partial charge on any atom is 0.326 e. The summed E-state index contributed by atoms with van der Waals surface area (Å²) in [6.45, 7) is -1.85. The molecule has 0 aromatic heterocycles. The number of hydrogen-bond acceptors (Lipinski definition) is 9. The third-order valence-electron chi connectivity index (χ3n) is 3.35. The molecule has 0 aliphatic rings. The smallest absolute Gasteiger partial charge is 0.326 e. The zero-order valence-electron chi connectivity index (χ0n) is 14.9. The normalized spacial score (nSPS) is 14.6. The van der Waals surface area contributed by atoms with Gasteiger partial charge in [-0.1, -0.05) is 0 Å². The summed E-state index contributed by atoms with van der Waals surface area (Å²) in [5, 5.41) is 50.1. The highest BCUT2D eigenvalue weighted by Gasteiger charge is 2.31. The Morgan fingerprint density at radius 3 is 1.48 bits per heavy atom. The number of rotatable bonds is 13. The van der Waals surface area contributed by atoms with Crippen molar-refractivity contribution in [1.82, 2.24) is 16.0 Å². The molecule has 164 valence electrons. The van der Waals surface area contributed by atoms with E-state index in [1.165, 1.54) is 0 Å². The van der Waals surface area contributed by atoms with Crippen molar-refractivity contribution in [3.05, 3.63) is 0 Å². The molecule has 4 atom stereocenters. The third kappa shape index (κ3) is 9.45. The lowest BCUT2D eigenvalue weighted by atomic mass is 10.1. The number of carboxylic acid groups (broad SMARTS) is 3. The van der Waals surface area contributed by atoms with E-state index in [0.29, 0.717) is 0 Å². The molecule has 0 aromatic carbocycles. The molecule has 0 radical (unpaired) electrons. The number of carbonyl (C=O) groups excluding carboxylic acids is 3. The number of aliphatic hydroxyl groups is 2. The number of nitrogens with one attached hydrogen (secondary N) is 3. The van der Waals surface area contributed by atoms with Crippen molar-refractivity contribution in [2.75, 3.05) is 13.2 Å². The summed E-state index contributed by atoms with van der Waals surface area (Å²) in [5.41, 5.74) is 5.25. The fourth-order valence-electron chi connectivity index (χ4n) is 1.86. The van der Waals surface area contributed by atoms with Gasteiger partial charge in [0.1, 0.15) is 24.2 Å². The van der Waals surface area contributed by atoms with Crippen molar-refractivity contribution in [3.8, 4) is 0 Å². The first-order chi connectivity index (χ1) is 13.4. The Morgan fingerprint density at radius 1 is 0.655 bits per heavy atom. The summed E-state index contributed by atoms with van der Waals surface area (Å²) in [7, 11) is 0. The standard InChI is InChI=1S/C14H22N4O11/c15-5(3-19)11(25)16-6(1-9(21)22)12(26)18-8(4-20)13(27)17-7(14(28)29)2-10(23)24/h5-8,19-20H,1-4,15H2,(H,16,25)(H,17,27)(H,18,26)(H,21,22)(H,23,24)(H,28,29). The largest absolute Gasteiger partial charge is 0.481 e. The second kappa shape index (κ2) is 12.2. The lowest BCUT2D eigenvalue weighted by Crippen LogP contribution is -2.58. The van der Waals surface area contributed by atoms with Gasteiger partial charge in [-0.3, -0.25) is 24.0 Å². The summed E-state index contributed by atoms with van der Waals surface area (Å²) >= 11 is 0. The number of carboxylic acids is 3. The van der Waals surface area contributed by atoms with Crippen molar-refractivity contribution in [3.63, 3.8) is 0 Å². The molecule has 0 rings (SSSR count). The number of aliphatic hydroxyl groups excluding tert-OH is 2.